The molecule has 26 heavy (non-hydrogen) atoms. The van der Waals surface area contributed by atoms with Crippen LogP contribution in [0.2, 0.25) is 0 Å². The summed E-state index contributed by atoms with van der Waals surface area (Å²) in [5.41, 5.74) is 4.06. The molecule has 5 nitrogen and oxygen atoms in total. The topological polar surface area (TPSA) is 44.8 Å². The van der Waals surface area contributed by atoms with Crippen molar-refractivity contribution in [2.24, 2.45) is 0 Å². The SMILES string of the molecule is Cc1ccc(C)c(OCC(=O)Nc2ccccc2N2CCN(C)CC2)c1. The molecule has 1 heterocycles. The van der Waals surface area contributed by atoms with Gasteiger partial charge in [0.25, 0.3) is 5.91 Å². The first-order valence-electron chi connectivity index (χ1n) is 9.05. The highest BCUT2D eigenvalue weighted by Crippen LogP contribution is 2.26. The highest BCUT2D eigenvalue weighted by Gasteiger charge is 2.17. The second-order valence-corrected chi connectivity index (χ2v) is 6.91. The minimum Gasteiger partial charge on any atom is -0.483 e. The fraction of sp³-hybridized carbons (Fsp3) is 0.381. The lowest BCUT2D eigenvalue weighted by molar-refractivity contribution is -0.118. The van der Waals surface area contributed by atoms with E-state index in [1.807, 2.05) is 50.2 Å². The smallest absolute Gasteiger partial charge is 0.262 e. The quantitative estimate of drug-likeness (QED) is 0.897. The lowest BCUT2D eigenvalue weighted by Gasteiger charge is -2.35. The van der Waals surface area contributed by atoms with Crippen LogP contribution < -0.4 is 15.0 Å². The van der Waals surface area contributed by atoms with Crippen molar-refractivity contribution in [3.8, 4) is 5.75 Å². The molecule has 2 aromatic rings. The van der Waals surface area contributed by atoms with Gasteiger partial charge in [-0.2, -0.15) is 0 Å². The summed E-state index contributed by atoms with van der Waals surface area (Å²) in [6.45, 7) is 7.97. The van der Waals surface area contributed by atoms with Gasteiger partial charge in [0.15, 0.2) is 6.61 Å². The number of piperazine rings is 1. The third kappa shape index (κ3) is 4.55. The van der Waals surface area contributed by atoms with Gasteiger partial charge in [-0.3, -0.25) is 4.79 Å². The van der Waals surface area contributed by atoms with Gasteiger partial charge in [-0.05, 0) is 50.2 Å². The van der Waals surface area contributed by atoms with Crippen LogP contribution in [0.25, 0.3) is 0 Å². The lowest BCUT2D eigenvalue weighted by Crippen LogP contribution is -2.44. The van der Waals surface area contributed by atoms with E-state index in [-0.39, 0.29) is 12.5 Å². The molecule has 1 fully saturated rings. The van der Waals surface area contributed by atoms with Crippen LogP contribution in [0, 0.1) is 13.8 Å². The number of carbonyl (C=O) groups excluding carboxylic acids is 1. The number of nitrogens with one attached hydrogen (secondary N) is 1. The Labute approximate surface area is 155 Å². The van der Waals surface area contributed by atoms with Gasteiger partial charge >= 0.3 is 0 Å². The molecule has 138 valence electrons. The normalized spacial score (nSPS) is 15.0. The number of benzene rings is 2. The van der Waals surface area contributed by atoms with Crippen molar-refractivity contribution >= 4 is 17.3 Å². The Hall–Kier alpha value is -2.53. The van der Waals surface area contributed by atoms with Gasteiger partial charge in [-0.1, -0.05) is 24.3 Å². The maximum atomic E-state index is 12.4. The van der Waals surface area contributed by atoms with Gasteiger partial charge in [0.2, 0.25) is 0 Å². The average Bonchev–Trinajstić information content (AvgIpc) is 2.64. The standard InChI is InChI=1S/C21H27N3O2/c1-16-8-9-17(2)20(14-16)26-15-21(25)22-18-6-4-5-7-19(18)24-12-10-23(3)11-13-24/h4-9,14H,10-13,15H2,1-3H3,(H,22,25). The van der Waals surface area contributed by atoms with E-state index >= 15 is 0 Å². The van der Waals surface area contributed by atoms with Crippen molar-refractivity contribution in [2.45, 2.75) is 13.8 Å². The number of carbonyl (C=O) groups is 1. The molecule has 0 radical (unpaired) electrons. The highest BCUT2D eigenvalue weighted by atomic mass is 16.5. The molecule has 1 aliphatic heterocycles. The van der Waals surface area contributed by atoms with Crippen LogP contribution in [-0.2, 0) is 4.79 Å². The van der Waals surface area contributed by atoms with Gasteiger partial charge in [0, 0.05) is 26.2 Å². The second-order valence-electron chi connectivity index (χ2n) is 6.91. The van der Waals surface area contributed by atoms with Crippen LogP contribution in [0.4, 0.5) is 11.4 Å². The fourth-order valence-electron chi connectivity index (χ4n) is 3.09. The zero-order valence-corrected chi connectivity index (χ0v) is 15.8. The lowest BCUT2D eigenvalue weighted by atomic mass is 10.1. The Morgan fingerprint density at radius 3 is 2.58 bits per heavy atom. The summed E-state index contributed by atoms with van der Waals surface area (Å²) < 4.78 is 5.72. The Morgan fingerprint density at radius 1 is 1.08 bits per heavy atom. The van der Waals surface area contributed by atoms with E-state index < -0.39 is 0 Å². The van der Waals surface area contributed by atoms with E-state index in [9.17, 15) is 4.79 Å². The largest absolute Gasteiger partial charge is 0.483 e. The van der Waals surface area contributed by atoms with Crippen molar-refractivity contribution in [3.05, 3.63) is 53.6 Å². The van der Waals surface area contributed by atoms with Crippen LogP contribution in [0.5, 0.6) is 5.75 Å². The summed E-state index contributed by atoms with van der Waals surface area (Å²) in [5, 5.41) is 3.00. The first-order chi connectivity index (χ1) is 12.5. The van der Waals surface area contributed by atoms with Gasteiger partial charge in [0.1, 0.15) is 5.75 Å². The van der Waals surface area contributed by atoms with Gasteiger partial charge in [-0.15, -0.1) is 0 Å². The summed E-state index contributed by atoms with van der Waals surface area (Å²) in [5.74, 6) is 0.611. The molecule has 0 spiro atoms. The molecule has 0 unspecified atom stereocenters. The zero-order valence-electron chi connectivity index (χ0n) is 15.8. The van der Waals surface area contributed by atoms with Crippen LogP contribution in [0.3, 0.4) is 0 Å². The number of aryl methyl sites for hydroxylation is 2. The van der Waals surface area contributed by atoms with Crippen molar-refractivity contribution in [3.63, 3.8) is 0 Å². The van der Waals surface area contributed by atoms with E-state index in [2.05, 4.69) is 28.2 Å². The summed E-state index contributed by atoms with van der Waals surface area (Å²) in [6, 6.07) is 14.0. The molecule has 5 heteroatoms. The zero-order chi connectivity index (χ0) is 18.5. The Balaban J connectivity index is 1.63. The second kappa shape index (κ2) is 8.23. The Morgan fingerprint density at radius 2 is 1.81 bits per heavy atom. The summed E-state index contributed by atoms with van der Waals surface area (Å²) in [4.78, 5) is 17.0. The molecule has 0 atom stereocenters. The number of rotatable bonds is 5. The van der Waals surface area contributed by atoms with E-state index in [1.165, 1.54) is 0 Å². The highest BCUT2D eigenvalue weighted by molar-refractivity contribution is 5.95. The van der Waals surface area contributed by atoms with Crippen molar-refractivity contribution < 1.29 is 9.53 Å². The fourth-order valence-corrected chi connectivity index (χ4v) is 3.09. The molecule has 1 amide bonds. The third-order valence-corrected chi connectivity index (χ3v) is 4.72. The van der Waals surface area contributed by atoms with E-state index in [0.29, 0.717) is 0 Å². The monoisotopic (exact) mass is 353 g/mol. The molecular weight excluding hydrogens is 326 g/mol. The molecule has 0 aromatic heterocycles. The van der Waals surface area contributed by atoms with Gasteiger partial charge in [-0.25, -0.2) is 0 Å². The third-order valence-electron chi connectivity index (χ3n) is 4.72. The maximum absolute atomic E-state index is 12.4. The molecule has 0 bridgehead atoms. The average molecular weight is 353 g/mol. The molecule has 0 saturated carbocycles. The molecular formula is C21H27N3O2. The number of likely N-dealkylation sites (N-methyl/N-ethyl adjacent to an activating group) is 1. The molecule has 1 saturated heterocycles. The van der Waals surface area contributed by atoms with Crippen LogP contribution in [0.15, 0.2) is 42.5 Å². The minimum atomic E-state index is -0.146. The number of ether oxygens (including phenoxy) is 1. The van der Waals surface area contributed by atoms with Crippen molar-refractivity contribution in [1.29, 1.82) is 0 Å². The molecule has 1 aliphatic rings. The van der Waals surface area contributed by atoms with Crippen molar-refractivity contribution in [2.75, 3.05) is 50.1 Å². The first-order valence-corrected chi connectivity index (χ1v) is 9.05. The predicted molar refractivity (Wildman–Crippen MR) is 106 cm³/mol. The van der Waals surface area contributed by atoms with Gasteiger partial charge < -0.3 is 19.9 Å². The number of para-hydroxylation sites is 2. The van der Waals surface area contributed by atoms with Crippen LogP contribution >= 0.6 is 0 Å². The van der Waals surface area contributed by atoms with E-state index in [4.69, 9.17) is 4.74 Å². The van der Waals surface area contributed by atoms with E-state index in [1.54, 1.807) is 0 Å². The maximum Gasteiger partial charge on any atom is 0.262 e. The molecule has 1 N–H and O–H groups in total. The number of hydrogen-bond donors (Lipinski definition) is 1. The number of nitrogens with zero attached hydrogens (tertiary/aromatic N) is 2. The first kappa shape index (κ1) is 18.3. The van der Waals surface area contributed by atoms with Crippen LogP contribution in [0.1, 0.15) is 11.1 Å². The minimum absolute atomic E-state index is 0.00135. The number of anilines is 2. The van der Waals surface area contributed by atoms with Crippen LogP contribution in [-0.4, -0.2) is 50.6 Å². The summed E-state index contributed by atoms with van der Waals surface area (Å²) in [6.07, 6.45) is 0. The molecule has 0 aliphatic carbocycles. The Bertz CT molecular complexity index is 768. The Kier molecular flexibility index (Phi) is 5.78. The molecule has 2 aromatic carbocycles. The summed E-state index contributed by atoms with van der Waals surface area (Å²) in [7, 11) is 2.13. The molecule has 3 rings (SSSR count). The van der Waals surface area contributed by atoms with Crippen molar-refractivity contribution in [1.82, 2.24) is 4.90 Å². The van der Waals surface area contributed by atoms with Gasteiger partial charge in [0.05, 0.1) is 11.4 Å². The van der Waals surface area contributed by atoms with E-state index in [0.717, 1.165) is 54.4 Å². The summed E-state index contributed by atoms with van der Waals surface area (Å²) >= 11 is 0. The number of hydrogen-bond acceptors (Lipinski definition) is 4. The predicted octanol–water partition coefficient (Wildman–Crippen LogP) is 3.07. The number of amides is 1.